The molecule has 0 aliphatic carbocycles. The van der Waals surface area contributed by atoms with Crippen molar-refractivity contribution in [2.75, 3.05) is 5.32 Å². The van der Waals surface area contributed by atoms with Gasteiger partial charge in [-0.3, -0.25) is 4.79 Å². The first-order chi connectivity index (χ1) is 10.1. The molecule has 106 valence electrons. The molecule has 1 N–H and O–H groups in total. The number of Topliss-reactive ketones (excluding diaryl/α,β-unsaturated/α-hetero) is 1. The molecule has 0 amide bonds. The fraction of sp³-hybridized carbons (Fsp3) is 0.0769. The minimum absolute atomic E-state index is 0.0704. The summed E-state index contributed by atoms with van der Waals surface area (Å²) in [6.45, 7) is 1.47. The molecule has 0 saturated carbocycles. The molecular weight excluding hydrogens is 292 g/mol. The lowest BCUT2D eigenvalue weighted by molar-refractivity contribution is -0.389. The average molecular weight is 302 g/mol. The maximum atomic E-state index is 11.4. The van der Waals surface area contributed by atoms with Crippen LogP contribution in [-0.2, 0) is 0 Å². The van der Waals surface area contributed by atoms with Crippen molar-refractivity contribution in [1.82, 2.24) is 9.38 Å². The van der Waals surface area contributed by atoms with Gasteiger partial charge in [0.15, 0.2) is 5.78 Å². The molecule has 0 spiro atoms. The molecule has 0 atom stereocenters. The number of hydrogen-bond donors (Lipinski definition) is 1. The maximum Gasteiger partial charge on any atom is 0.373 e. The number of rotatable bonds is 4. The zero-order valence-corrected chi connectivity index (χ0v) is 11.8. The summed E-state index contributed by atoms with van der Waals surface area (Å²) >= 11 is 1.31. The Morgan fingerprint density at radius 2 is 2.29 bits per heavy atom. The molecule has 0 aliphatic rings. The molecule has 2 heterocycles. The lowest BCUT2D eigenvalue weighted by Gasteiger charge is -2.04. The highest BCUT2D eigenvalue weighted by Crippen LogP contribution is 2.30. The summed E-state index contributed by atoms with van der Waals surface area (Å²) < 4.78 is 1.42. The third-order valence-electron chi connectivity index (χ3n) is 2.94. The third kappa shape index (κ3) is 2.36. The highest BCUT2D eigenvalue weighted by Gasteiger charge is 2.23. The van der Waals surface area contributed by atoms with Gasteiger partial charge in [-0.1, -0.05) is 23.5 Å². The van der Waals surface area contributed by atoms with Crippen LogP contribution in [0.15, 0.2) is 35.8 Å². The van der Waals surface area contributed by atoms with E-state index in [1.54, 1.807) is 35.8 Å². The third-order valence-corrected chi connectivity index (χ3v) is 3.70. The number of nitrogens with zero attached hydrogens (tertiary/aromatic N) is 3. The van der Waals surface area contributed by atoms with Gasteiger partial charge in [-0.05, 0) is 24.0 Å². The summed E-state index contributed by atoms with van der Waals surface area (Å²) in [6, 6.07) is 6.76. The number of aromatic nitrogens is 2. The van der Waals surface area contributed by atoms with Crippen molar-refractivity contribution in [2.24, 2.45) is 0 Å². The predicted octanol–water partition coefficient (Wildman–Crippen LogP) is 3.25. The number of ketones is 1. The second-order valence-electron chi connectivity index (χ2n) is 4.36. The van der Waals surface area contributed by atoms with E-state index in [2.05, 4.69) is 10.3 Å². The van der Waals surface area contributed by atoms with Crippen molar-refractivity contribution in [2.45, 2.75) is 6.92 Å². The molecule has 2 aromatic heterocycles. The number of nitrogens with one attached hydrogen (secondary N) is 1. The first kappa shape index (κ1) is 13.3. The molecule has 0 aliphatic heterocycles. The Morgan fingerprint density at radius 1 is 1.48 bits per heavy atom. The van der Waals surface area contributed by atoms with Crippen LogP contribution in [-0.4, -0.2) is 20.1 Å². The standard InChI is InChI=1S/C13H10N4O3S/c1-8(18)9-3-2-4-10(7-9)14-11-12(17(19)20)16-5-6-21-13(16)15-11/h2-7,14H,1H3. The smallest absolute Gasteiger partial charge is 0.358 e. The lowest BCUT2D eigenvalue weighted by Crippen LogP contribution is -1.99. The van der Waals surface area contributed by atoms with Gasteiger partial charge < -0.3 is 15.4 Å². The molecule has 0 fully saturated rings. The van der Waals surface area contributed by atoms with E-state index in [0.29, 0.717) is 16.2 Å². The van der Waals surface area contributed by atoms with Gasteiger partial charge in [0.2, 0.25) is 5.82 Å². The largest absolute Gasteiger partial charge is 0.373 e. The van der Waals surface area contributed by atoms with Gasteiger partial charge in [-0.25, -0.2) is 0 Å². The Kier molecular flexibility index (Phi) is 3.15. The fourth-order valence-electron chi connectivity index (χ4n) is 1.98. The lowest BCUT2D eigenvalue weighted by atomic mass is 10.1. The van der Waals surface area contributed by atoms with Gasteiger partial charge in [-0.15, -0.1) is 0 Å². The van der Waals surface area contributed by atoms with Gasteiger partial charge in [0.25, 0.3) is 4.96 Å². The number of nitro groups is 1. The number of thiazole rings is 1. The van der Waals surface area contributed by atoms with Gasteiger partial charge in [0.05, 0.1) is 0 Å². The normalized spacial score (nSPS) is 10.7. The predicted molar refractivity (Wildman–Crippen MR) is 79.5 cm³/mol. The van der Waals surface area contributed by atoms with Crippen molar-refractivity contribution in [1.29, 1.82) is 0 Å². The quantitative estimate of drug-likeness (QED) is 0.454. The molecule has 3 aromatic rings. The second-order valence-corrected chi connectivity index (χ2v) is 5.23. The Bertz CT molecular complexity index is 852. The van der Waals surface area contributed by atoms with Crippen LogP contribution < -0.4 is 5.32 Å². The van der Waals surface area contributed by atoms with Crippen molar-refractivity contribution >= 4 is 39.4 Å². The minimum Gasteiger partial charge on any atom is -0.358 e. The maximum absolute atomic E-state index is 11.4. The van der Waals surface area contributed by atoms with Gasteiger partial charge >= 0.3 is 5.82 Å². The highest BCUT2D eigenvalue weighted by molar-refractivity contribution is 7.15. The molecule has 1 aromatic carbocycles. The van der Waals surface area contributed by atoms with E-state index in [1.807, 2.05) is 0 Å². The minimum atomic E-state index is -0.482. The Balaban J connectivity index is 2.03. The number of fused-ring (bicyclic) bond motifs is 1. The van der Waals surface area contributed by atoms with Crippen LogP contribution in [0.25, 0.3) is 4.96 Å². The van der Waals surface area contributed by atoms with Crippen LogP contribution in [0.5, 0.6) is 0 Å². The second kappa shape index (κ2) is 4.98. The summed E-state index contributed by atoms with van der Waals surface area (Å²) in [5.74, 6) is -0.0361. The van der Waals surface area contributed by atoms with Crippen LogP contribution in [0.3, 0.4) is 0 Å². The topological polar surface area (TPSA) is 89.5 Å². The zero-order chi connectivity index (χ0) is 15.0. The molecule has 0 saturated heterocycles. The van der Waals surface area contributed by atoms with Crippen LogP contribution in [0.1, 0.15) is 17.3 Å². The molecule has 21 heavy (non-hydrogen) atoms. The van der Waals surface area contributed by atoms with Crippen LogP contribution in [0.2, 0.25) is 0 Å². The number of anilines is 2. The van der Waals surface area contributed by atoms with E-state index >= 15 is 0 Å². The number of hydrogen-bond acceptors (Lipinski definition) is 6. The Hall–Kier alpha value is -2.74. The summed E-state index contributed by atoms with van der Waals surface area (Å²) in [6.07, 6.45) is 1.60. The summed E-state index contributed by atoms with van der Waals surface area (Å²) in [5.41, 5.74) is 1.11. The molecule has 7 nitrogen and oxygen atoms in total. The van der Waals surface area contributed by atoms with E-state index in [-0.39, 0.29) is 17.4 Å². The van der Waals surface area contributed by atoms with E-state index in [1.165, 1.54) is 22.7 Å². The average Bonchev–Trinajstić information content (AvgIpc) is 2.98. The van der Waals surface area contributed by atoms with Gasteiger partial charge in [-0.2, -0.15) is 9.38 Å². The number of carbonyl (C=O) groups excluding carboxylic acids is 1. The van der Waals surface area contributed by atoms with Crippen LogP contribution >= 0.6 is 11.3 Å². The van der Waals surface area contributed by atoms with E-state index in [0.717, 1.165) is 0 Å². The first-order valence-corrected chi connectivity index (χ1v) is 6.92. The van der Waals surface area contributed by atoms with Crippen LogP contribution in [0, 0.1) is 10.1 Å². The number of carbonyl (C=O) groups is 1. The summed E-state index contributed by atoms with van der Waals surface area (Å²) in [7, 11) is 0. The molecule has 3 rings (SSSR count). The van der Waals surface area contributed by atoms with E-state index in [9.17, 15) is 14.9 Å². The summed E-state index contributed by atoms with van der Waals surface area (Å²) in [4.78, 5) is 26.8. The Labute approximate surface area is 123 Å². The van der Waals surface area contributed by atoms with Crippen LogP contribution in [0.4, 0.5) is 17.3 Å². The van der Waals surface area contributed by atoms with Crippen molar-refractivity contribution < 1.29 is 9.72 Å². The monoisotopic (exact) mass is 302 g/mol. The molecular formula is C13H10N4O3S. The van der Waals surface area contributed by atoms with E-state index < -0.39 is 4.92 Å². The molecule has 0 radical (unpaired) electrons. The molecule has 8 heteroatoms. The van der Waals surface area contributed by atoms with Gasteiger partial charge in [0.1, 0.15) is 6.20 Å². The van der Waals surface area contributed by atoms with Crippen molar-refractivity contribution in [3.63, 3.8) is 0 Å². The number of benzene rings is 1. The van der Waals surface area contributed by atoms with Gasteiger partial charge in [0, 0.05) is 16.6 Å². The molecule has 0 bridgehead atoms. The SMILES string of the molecule is CC(=O)c1cccc(Nc2nc3sccn3c2[N+](=O)[O-])c1. The molecule has 0 unspecified atom stereocenters. The van der Waals surface area contributed by atoms with Crippen molar-refractivity contribution in [3.05, 3.63) is 51.5 Å². The Morgan fingerprint density at radius 3 is 3.00 bits per heavy atom. The fourth-order valence-corrected chi connectivity index (χ4v) is 2.69. The zero-order valence-electron chi connectivity index (χ0n) is 10.9. The van der Waals surface area contributed by atoms with Crippen molar-refractivity contribution in [3.8, 4) is 0 Å². The van der Waals surface area contributed by atoms with E-state index in [4.69, 9.17) is 0 Å². The highest BCUT2D eigenvalue weighted by atomic mass is 32.1. The number of imidazole rings is 1. The first-order valence-electron chi connectivity index (χ1n) is 6.04. The summed E-state index contributed by atoms with van der Waals surface area (Å²) in [5, 5.41) is 15.9.